The number of fused-ring (bicyclic) bond motifs is 1. The maximum absolute atomic E-state index is 11.6. The molecule has 2 fully saturated rings. The van der Waals surface area contributed by atoms with Gasteiger partial charge in [-0.1, -0.05) is 30.3 Å². The lowest BCUT2D eigenvalue weighted by Crippen LogP contribution is -2.65. The van der Waals surface area contributed by atoms with Crippen LogP contribution in [0.2, 0.25) is 0 Å². The quantitative estimate of drug-likeness (QED) is 0.218. The van der Waals surface area contributed by atoms with Gasteiger partial charge in [0, 0.05) is 6.92 Å². The van der Waals surface area contributed by atoms with Crippen LogP contribution in [-0.4, -0.2) is 111 Å². The molecule has 1 amide bonds. The van der Waals surface area contributed by atoms with Crippen LogP contribution in [0, 0.1) is 0 Å². The first-order valence-corrected chi connectivity index (χ1v) is 11.6. The fourth-order valence-electron chi connectivity index (χ4n) is 4.33. The van der Waals surface area contributed by atoms with E-state index in [9.17, 15) is 35.4 Å². The smallest absolute Gasteiger partial charge is 0.229 e. The molecule has 0 saturated carbocycles. The molecule has 12 nitrogen and oxygen atoms in total. The molecule has 0 spiro atoms. The number of nitrogens with one attached hydrogen (secondary N) is 1. The highest BCUT2D eigenvalue weighted by atomic mass is 16.7. The molecule has 10 atom stereocenters. The Kier molecular flexibility index (Phi) is 8.40. The van der Waals surface area contributed by atoms with Gasteiger partial charge >= 0.3 is 0 Å². The van der Waals surface area contributed by atoms with Crippen molar-refractivity contribution >= 4 is 16.7 Å². The van der Waals surface area contributed by atoms with Gasteiger partial charge in [-0.15, -0.1) is 0 Å². The Bertz CT molecular complexity index is 1040. The van der Waals surface area contributed by atoms with Gasteiger partial charge in [-0.05, 0) is 22.9 Å². The van der Waals surface area contributed by atoms with E-state index in [0.29, 0.717) is 5.75 Å². The second-order valence-corrected chi connectivity index (χ2v) is 8.91. The van der Waals surface area contributed by atoms with Crippen molar-refractivity contribution < 1.29 is 54.4 Å². The van der Waals surface area contributed by atoms with E-state index in [-0.39, 0.29) is 0 Å². The first-order chi connectivity index (χ1) is 17.2. The molecule has 36 heavy (non-hydrogen) atoms. The normalized spacial score (nSPS) is 37.0. The summed E-state index contributed by atoms with van der Waals surface area (Å²) in [7, 11) is 0. The molecule has 0 aromatic heterocycles. The molecule has 0 aliphatic carbocycles. The highest BCUT2D eigenvalue weighted by Gasteiger charge is 2.48. The molecular formula is C24H31NO11. The van der Waals surface area contributed by atoms with Crippen LogP contribution in [0.5, 0.6) is 5.75 Å². The van der Waals surface area contributed by atoms with Gasteiger partial charge in [0.2, 0.25) is 12.2 Å². The van der Waals surface area contributed by atoms with Crippen LogP contribution in [-0.2, 0) is 19.0 Å². The van der Waals surface area contributed by atoms with E-state index in [1.165, 1.54) is 6.92 Å². The molecule has 0 radical (unpaired) electrons. The largest absolute Gasteiger partial charge is 0.462 e. The van der Waals surface area contributed by atoms with E-state index in [1.54, 1.807) is 12.1 Å². The Balaban J connectivity index is 1.45. The lowest BCUT2D eigenvalue weighted by atomic mass is 9.96. The lowest BCUT2D eigenvalue weighted by molar-refractivity contribution is -0.306. The Labute approximate surface area is 206 Å². The zero-order valence-corrected chi connectivity index (χ0v) is 19.5. The van der Waals surface area contributed by atoms with Crippen LogP contribution in [0.3, 0.4) is 0 Å². The molecule has 2 aliphatic rings. The number of benzene rings is 2. The number of rotatable bonds is 7. The third-order valence-corrected chi connectivity index (χ3v) is 6.32. The van der Waals surface area contributed by atoms with Gasteiger partial charge in [0.15, 0.2) is 6.29 Å². The lowest BCUT2D eigenvalue weighted by Gasteiger charge is -2.44. The molecule has 0 unspecified atom stereocenters. The summed E-state index contributed by atoms with van der Waals surface area (Å²) in [5.74, 6) is -0.160. The van der Waals surface area contributed by atoms with Crippen LogP contribution < -0.4 is 10.1 Å². The summed E-state index contributed by atoms with van der Waals surface area (Å²) in [4.78, 5) is 11.6. The van der Waals surface area contributed by atoms with Crippen LogP contribution in [0.25, 0.3) is 10.8 Å². The molecule has 2 heterocycles. The molecule has 4 rings (SSSR count). The van der Waals surface area contributed by atoms with Crippen molar-refractivity contribution in [1.82, 2.24) is 5.32 Å². The molecule has 198 valence electrons. The fourth-order valence-corrected chi connectivity index (χ4v) is 4.33. The molecule has 7 N–H and O–H groups in total. The Morgan fingerprint density at radius 3 is 2.22 bits per heavy atom. The van der Waals surface area contributed by atoms with Gasteiger partial charge in [-0.2, -0.15) is 0 Å². The Morgan fingerprint density at radius 1 is 0.861 bits per heavy atom. The van der Waals surface area contributed by atoms with Crippen molar-refractivity contribution in [2.75, 3.05) is 13.2 Å². The van der Waals surface area contributed by atoms with E-state index in [1.807, 2.05) is 30.3 Å². The van der Waals surface area contributed by atoms with Gasteiger partial charge in [0.25, 0.3) is 0 Å². The maximum atomic E-state index is 11.6. The highest BCUT2D eigenvalue weighted by Crippen LogP contribution is 2.28. The standard InChI is InChI=1S/C24H31NO11/c1-11(27)25-17-20(30)18(28)15(9-26)35-23(17)33-10-16-19(29)21(31)22(32)24(36-16)34-14-7-6-12-4-2-3-5-13(12)8-14/h2-8,15-24,26,28-32H,9-10H2,1H3,(H,25,27)/t15-,16-,17-,18-,19-,20-,21+,22+,23-,24+/m1/s1. The monoisotopic (exact) mass is 509 g/mol. The summed E-state index contributed by atoms with van der Waals surface area (Å²) in [6.45, 7) is 0.166. The highest BCUT2D eigenvalue weighted by molar-refractivity contribution is 5.83. The van der Waals surface area contributed by atoms with Crippen LogP contribution in [0.1, 0.15) is 6.92 Å². The van der Waals surface area contributed by atoms with Gasteiger partial charge in [0.05, 0.1) is 13.2 Å². The predicted octanol–water partition coefficient (Wildman–Crippen LogP) is -2.01. The van der Waals surface area contributed by atoms with Crippen molar-refractivity contribution in [1.29, 1.82) is 0 Å². The summed E-state index contributed by atoms with van der Waals surface area (Å²) in [5, 5.41) is 65.5. The van der Waals surface area contributed by atoms with Gasteiger partial charge in [0.1, 0.15) is 54.5 Å². The van der Waals surface area contributed by atoms with Crippen molar-refractivity contribution in [3.05, 3.63) is 42.5 Å². The number of ether oxygens (including phenoxy) is 4. The van der Waals surface area contributed by atoms with Gasteiger partial charge < -0.3 is 54.9 Å². The Hall–Kier alpha value is -2.39. The third kappa shape index (κ3) is 5.62. The fraction of sp³-hybridized carbons (Fsp3) is 0.542. The van der Waals surface area contributed by atoms with Gasteiger partial charge in [-0.3, -0.25) is 4.79 Å². The second-order valence-electron chi connectivity index (χ2n) is 8.91. The first kappa shape index (κ1) is 26.7. The summed E-state index contributed by atoms with van der Waals surface area (Å²) in [6, 6.07) is 11.6. The third-order valence-electron chi connectivity index (χ3n) is 6.32. The van der Waals surface area contributed by atoms with Crippen LogP contribution >= 0.6 is 0 Å². The SMILES string of the molecule is CC(=O)N[C@H]1[C@H](OC[C@H]2O[C@H](Oc3ccc4ccccc4c3)[C@@H](O)[C@@H](O)[C@@H]2O)O[C@H](CO)[C@@H](O)[C@@H]1O. The molecule has 2 aliphatic heterocycles. The second kappa shape index (κ2) is 11.3. The van der Waals surface area contributed by atoms with Crippen molar-refractivity contribution in [2.45, 2.75) is 68.3 Å². The summed E-state index contributed by atoms with van der Waals surface area (Å²) < 4.78 is 22.6. The minimum Gasteiger partial charge on any atom is -0.462 e. The number of amides is 1. The number of carbonyl (C=O) groups is 1. The van der Waals surface area contributed by atoms with E-state index < -0.39 is 80.5 Å². The Morgan fingerprint density at radius 2 is 1.53 bits per heavy atom. The summed E-state index contributed by atoms with van der Waals surface area (Å²) >= 11 is 0. The van der Waals surface area contributed by atoms with Crippen molar-refractivity contribution in [2.24, 2.45) is 0 Å². The number of carbonyl (C=O) groups excluding carboxylic acids is 1. The number of hydrogen-bond acceptors (Lipinski definition) is 11. The molecule has 2 aromatic carbocycles. The topological polar surface area (TPSA) is 187 Å². The van der Waals surface area contributed by atoms with Crippen LogP contribution in [0.4, 0.5) is 0 Å². The molecular weight excluding hydrogens is 478 g/mol. The molecule has 0 bridgehead atoms. The molecule has 2 aromatic rings. The zero-order chi connectivity index (χ0) is 26.0. The van der Waals surface area contributed by atoms with Gasteiger partial charge in [-0.25, -0.2) is 0 Å². The van der Waals surface area contributed by atoms with Crippen LogP contribution in [0.15, 0.2) is 42.5 Å². The van der Waals surface area contributed by atoms with Crippen molar-refractivity contribution in [3.8, 4) is 5.75 Å². The van der Waals surface area contributed by atoms with E-state index in [2.05, 4.69) is 5.32 Å². The summed E-state index contributed by atoms with van der Waals surface area (Å²) in [5.41, 5.74) is 0. The van der Waals surface area contributed by atoms with Crippen molar-refractivity contribution in [3.63, 3.8) is 0 Å². The predicted molar refractivity (Wildman–Crippen MR) is 123 cm³/mol. The van der Waals surface area contributed by atoms with E-state index in [0.717, 1.165) is 10.8 Å². The number of hydrogen-bond donors (Lipinski definition) is 7. The average molecular weight is 510 g/mol. The number of aliphatic hydroxyl groups excluding tert-OH is 6. The average Bonchev–Trinajstić information content (AvgIpc) is 2.87. The zero-order valence-electron chi connectivity index (χ0n) is 19.5. The number of aliphatic hydroxyl groups is 6. The molecule has 2 saturated heterocycles. The minimum atomic E-state index is -1.63. The minimum absolute atomic E-state index is 0.366. The first-order valence-electron chi connectivity index (χ1n) is 11.6. The maximum Gasteiger partial charge on any atom is 0.229 e. The van der Waals surface area contributed by atoms with E-state index >= 15 is 0 Å². The van der Waals surface area contributed by atoms with E-state index in [4.69, 9.17) is 18.9 Å². The summed E-state index contributed by atoms with van der Waals surface area (Å²) in [6.07, 6.45) is -12.8. The molecule has 12 heteroatoms.